The third-order valence-electron chi connectivity index (χ3n) is 4.14. The topological polar surface area (TPSA) is 83.1 Å². The number of carbonyl (C=O) groups is 2. The number of nitrogens with one attached hydrogen (secondary N) is 3. The van der Waals surface area contributed by atoms with Crippen LogP contribution in [0.2, 0.25) is 0 Å². The van der Waals surface area contributed by atoms with Gasteiger partial charge in [-0.15, -0.1) is 6.42 Å². The molecule has 2 aromatic carbocycles. The monoisotopic (exact) mass is 392 g/mol. The fraction of sp³-hybridized carbons (Fsp3) is 0.190. The van der Waals surface area contributed by atoms with Crippen LogP contribution in [-0.2, 0) is 0 Å². The van der Waals surface area contributed by atoms with E-state index in [2.05, 4.69) is 26.9 Å². The van der Waals surface area contributed by atoms with Crippen LogP contribution in [0, 0.1) is 33.1 Å². The number of fused-ring (bicyclic) bond motifs is 1. The van der Waals surface area contributed by atoms with Crippen molar-refractivity contribution < 1.29 is 9.59 Å². The minimum atomic E-state index is -0.416. The van der Waals surface area contributed by atoms with Crippen LogP contribution in [0.5, 0.6) is 0 Å². The van der Waals surface area contributed by atoms with E-state index >= 15 is 0 Å². The largest absolute Gasteiger partial charge is 0.327 e. The Hall–Kier alpha value is -3.37. The molecule has 0 saturated carbocycles. The zero-order valence-electron chi connectivity index (χ0n) is 15.8. The van der Waals surface area contributed by atoms with Crippen molar-refractivity contribution in [2.75, 3.05) is 17.2 Å². The molecule has 0 aliphatic heterocycles. The van der Waals surface area contributed by atoms with Crippen molar-refractivity contribution in [1.82, 2.24) is 10.3 Å². The molecule has 0 saturated heterocycles. The van der Waals surface area contributed by atoms with Crippen LogP contribution < -0.4 is 16.0 Å². The van der Waals surface area contributed by atoms with E-state index in [9.17, 15) is 9.59 Å². The number of thiazole rings is 1. The summed E-state index contributed by atoms with van der Waals surface area (Å²) in [4.78, 5) is 28.8. The standard InChI is InChI=1S/C21H20N4O2S/c1-5-8-22-20(27)25-21-23-16-7-6-15(11-17(16)28-21)19(26)24-18-13(3)9-12(2)10-14(18)4/h1,6-7,9-11H,8H2,2-4H3,(H,24,26)(H2,22,23,25,27). The lowest BCUT2D eigenvalue weighted by Gasteiger charge is -2.12. The highest BCUT2D eigenvalue weighted by Crippen LogP contribution is 2.28. The summed E-state index contributed by atoms with van der Waals surface area (Å²) in [7, 11) is 0. The molecule has 0 unspecified atom stereocenters. The van der Waals surface area contributed by atoms with Gasteiger partial charge in [0, 0.05) is 11.3 Å². The van der Waals surface area contributed by atoms with Crippen molar-refractivity contribution in [3.8, 4) is 12.3 Å². The number of aryl methyl sites for hydroxylation is 3. The number of benzene rings is 2. The predicted molar refractivity (Wildman–Crippen MR) is 114 cm³/mol. The summed E-state index contributed by atoms with van der Waals surface area (Å²) in [5, 5.41) is 8.58. The maximum absolute atomic E-state index is 12.7. The van der Waals surface area contributed by atoms with Crippen molar-refractivity contribution in [3.05, 3.63) is 52.6 Å². The first-order valence-electron chi connectivity index (χ1n) is 8.65. The van der Waals surface area contributed by atoms with Gasteiger partial charge in [-0.3, -0.25) is 10.1 Å². The highest BCUT2D eigenvalue weighted by molar-refractivity contribution is 7.22. The van der Waals surface area contributed by atoms with Gasteiger partial charge >= 0.3 is 6.03 Å². The van der Waals surface area contributed by atoms with Gasteiger partial charge in [0.25, 0.3) is 5.91 Å². The van der Waals surface area contributed by atoms with Crippen LogP contribution in [-0.4, -0.2) is 23.5 Å². The molecule has 0 aliphatic rings. The second-order valence-electron chi connectivity index (χ2n) is 6.44. The minimum Gasteiger partial charge on any atom is -0.327 e. The van der Waals surface area contributed by atoms with Gasteiger partial charge in [0.15, 0.2) is 5.13 Å². The Bertz CT molecular complexity index is 1090. The van der Waals surface area contributed by atoms with Crippen molar-refractivity contribution >= 4 is 44.3 Å². The molecule has 0 fully saturated rings. The number of nitrogens with zero attached hydrogens (tertiary/aromatic N) is 1. The number of hydrogen-bond acceptors (Lipinski definition) is 4. The quantitative estimate of drug-likeness (QED) is 0.581. The Morgan fingerprint density at radius 1 is 1.11 bits per heavy atom. The number of anilines is 2. The van der Waals surface area contributed by atoms with Crippen LogP contribution in [0.1, 0.15) is 27.0 Å². The van der Waals surface area contributed by atoms with Crippen molar-refractivity contribution in [3.63, 3.8) is 0 Å². The van der Waals surface area contributed by atoms with Crippen LogP contribution in [0.25, 0.3) is 10.2 Å². The maximum atomic E-state index is 12.7. The van der Waals surface area contributed by atoms with E-state index in [0.29, 0.717) is 16.2 Å². The first kappa shape index (κ1) is 19.4. The highest BCUT2D eigenvalue weighted by Gasteiger charge is 2.13. The number of carbonyl (C=O) groups excluding carboxylic acids is 2. The number of aromatic nitrogens is 1. The van der Waals surface area contributed by atoms with E-state index in [-0.39, 0.29) is 12.5 Å². The van der Waals surface area contributed by atoms with E-state index in [1.807, 2.05) is 32.9 Å². The lowest BCUT2D eigenvalue weighted by Crippen LogP contribution is -2.28. The van der Waals surface area contributed by atoms with Gasteiger partial charge in [0.1, 0.15) is 0 Å². The second kappa shape index (κ2) is 8.11. The SMILES string of the molecule is C#CCNC(=O)Nc1nc2ccc(C(=O)Nc3c(C)cc(C)cc3C)cc2s1. The van der Waals surface area contributed by atoms with E-state index in [1.165, 1.54) is 11.3 Å². The molecular weight excluding hydrogens is 372 g/mol. The molecule has 3 amide bonds. The molecule has 0 spiro atoms. The minimum absolute atomic E-state index is 0.138. The summed E-state index contributed by atoms with van der Waals surface area (Å²) in [6.45, 7) is 6.12. The highest BCUT2D eigenvalue weighted by atomic mass is 32.1. The summed E-state index contributed by atoms with van der Waals surface area (Å²) >= 11 is 1.29. The molecule has 7 heteroatoms. The van der Waals surface area contributed by atoms with E-state index < -0.39 is 6.03 Å². The van der Waals surface area contributed by atoms with Gasteiger partial charge in [-0.1, -0.05) is 35.0 Å². The Labute approximate surface area is 167 Å². The predicted octanol–water partition coefficient (Wildman–Crippen LogP) is 4.23. The lowest BCUT2D eigenvalue weighted by molar-refractivity contribution is 0.102. The molecule has 1 aromatic heterocycles. The first-order valence-corrected chi connectivity index (χ1v) is 9.47. The van der Waals surface area contributed by atoms with Crippen LogP contribution in [0.4, 0.5) is 15.6 Å². The summed E-state index contributed by atoms with van der Waals surface area (Å²) in [6.07, 6.45) is 5.11. The average molecular weight is 392 g/mol. The number of terminal acetylenes is 1. The smallest absolute Gasteiger partial charge is 0.321 e. The molecule has 3 rings (SSSR count). The molecule has 0 atom stereocenters. The Morgan fingerprint density at radius 2 is 1.82 bits per heavy atom. The fourth-order valence-corrected chi connectivity index (χ4v) is 3.86. The zero-order chi connectivity index (χ0) is 20.3. The van der Waals surface area contributed by atoms with Crippen molar-refractivity contribution in [2.24, 2.45) is 0 Å². The van der Waals surface area contributed by atoms with Crippen LogP contribution in [0.3, 0.4) is 0 Å². The second-order valence-corrected chi connectivity index (χ2v) is 7.47. The molecule has 3 N–H and O–H groups in total. The summed E-state index contributed by atoms with van der Waals surface area (Å²) in [6, 6.07) is 8.92. The molecule has 0 bridgehead atoms. The fourth-order valence-electron chi connectivity index (χ4n) is 2.95. The van der Waals surface area contributed by atoms with Gasteiger partial charge < -0.3 is 10.6 Å². The van der Waals surface area contributed by atoms with Crippen molar-refractivity contribution in [1.29, 1.82) is 0 Å². The third kappa shape index (κ3) is 4.30. The van der Waals surface area contributed by atoms with Gasteiger partial charge in [-0.05, 0) is 50.1 Å². The van der Waals surface area contributed by atoms with Gasteiger partial charge in [0.05, 0.1) is 16.8 Å². The van der Waals surface area contributed by atoms with Gasteiger partial charge in [-0.2, -0.15) is 0 Å². The number of urea groups is 1. The Kier molecular flexibility index (Phi) is 5.62. The Morgan fingerprint density at radius 3 is 2.50 bits per heavy atom. The van der Waals surface area contributed by atoms with E-state index in [0.717, 1.165) is 27.1 Å². The number of rotatable bonds is 4. The summed E-state index contributed by atoms with van der Waals surface area (Å²) < 4.78 is 0.803. The van der Waals surface area contributed by atoms with E-state index in [4.69, 9.17) is 6.42 Å². The number of amides is 3. The molecule has 6 nitrogen and oxygen atoms in total. The van der Waals surface area contributed by atoms with Crippen molar-refractivity contribution in [2.45, 2.75) is 20.8 Å². The van der Waals surface area contributed by atoms with Gasteiger partial charge in [0.2, 0.25) is 0 Å². The molecule has 0 aliphatic carbocycles. The van der Waals surface area contributed by atoms with Crippen LogP contribution in [0.15, 0.2) is 30.3 Å². The average Bonchev–Trinajstić information content (AvgIpc) is 3.03. The van der Waals surface area contributed by atoms with E-state index in [1.54, 1.807) is 18.2 Å². The normalized spacial score (nSPS) is 10.4. The third-order valence-corrected chi connectivity index (χ3v) is 5.07. The zero-order valence-corrected chi connectivity index (χ0v) is 16.7. The summed E-state index contributed by atoms with van der Waals surface area (Å²) in [5.74, 6) is 2.14. The maximum Gasteiger partial charge on any atom is 0.321 e. The molecule has 1 heterocycles. The molecule has 142 valence electrons. The first-order chi connectivity index (χ1) is 13.4. The van der Waals surface area contributed by atoms with Gasteiger partial charge in [-0.25, -0.2) is 9.78 Å². The lowest BCUT2D eigenvalue weighted by atomic mass is 10.0. The molecule has 28 heavy (non-hydrogen) atoms. The summed E-state index contributed by atoms with van der Waals surface area (Å²) in [5.41, 5.74) is 5.26. The number of hydrogen-bond donors (Lipinski definition) is 3. The Balaban J connectivity index is 1.79. The molecule has 3 aromatic rings. The van der Waals surface area contributed by atoms with Crippen LogP contribution >= 0.6 is 11.3 Å². The molecule has 0 radical (unpaired) electrons. The molecular formula is C21H20N4O2S.